The predicted octanol–water partition coefficient (Wildman–Crippen LogP) is 3.23. The van der Waals surface area contributed by atoms with Crippen molar-refractivity contribution < 1.29 is 23.4 Å². The molecule has 0 saturated carbocycles. The molecule has 0 aliphatic rings. The summed E-state index contributed by atoms with van der Waals surface area (Å²) in [6.45, 7) is 0.548. The Hall–Kier alpha value is -3.86. The van der Waals surface area contributed by atoms with E-state index >= 15 is 0 Å². The Balaban J connectivity index is 1.33. The number of carbonyl (C=O) groups excluding carboxylic acids is 1. The lowest BCUT2D eigenvalue weighted by Crippen LogP contribution is -2.29. The lowest BCUT2D eigenvalue weighted by molar-refractivity contribution is -0.118. The fourth-order valence-electron chi connectivity index (χ4n) is 3.08. The molecule has 2 aromatic carbocycles. The molecule has 11 heteroatoms. The van der Waals surface area contributed by atoms with Crippen molar-refractivity contribution in [1.82, 2.24) is 25.1 Å². The quantitative estimate of drug-likeness (QED) is 0.271. The van der Waals surface area contributed by atoms with Crippen molar-refractivity contribution >= 4 is 23.3 Å². The standard InChI is InChI=1S/C23H22FN5O4S/c1-31-18-8-3-15(13-19(18)32-2)23-27-26-20-9-10-22(28-29(20)23)33-12-11-25-21(30)14-34-17-6-4-16(24)5-7-17/h3-10,13H,11-12,14H2,1-2H3,(H,25,30). The van der Waals surface area contributed by atoms with E-state index in [1.807, 2.05) is 6.07 Å². The number of nitrogens with one attached hydrogen (secondary N) is 1. The summed E-state index contributed by atoms with van der Waals surface area (Å²) in [4.78, 5) is 12.8. The van der Waals surface area contributed by atoms with Crippen molar-refractivity contribution in [2.45, 2.75) is 4.90 Å². The van der Waals surface area contributed by atoms with Crippen LogP contribution in [0.5, 0.6) is 17.4 Å². The topological polar surface area (TPSA) is 99.9 Å². The van der Waals surface area contributed by atoms with Crippen LogP contribution < -0.4 is 19.5 Å². The van der Waals surface area contributed by atoms with Crippen molar-refractivity contribution in [3.63, 3.8) is 0 Å². The van der Waals surface area contributed by atoms with Gasteiger partial charge in [-0.2, -0.15) is 4.52 Å². The monoisotopic (exact) mass is 483 g/mol. The number of benzene rings is 2. The first-order chi connectivity index (χ1) is 16.6. The Kier molecular flexibility index (Phi) is 7.43. The average Bonchev–Trinajstić information content (AvgIpc) is 3.29. The Morgan fingerprint density at radius 3 is 2.59 bits per heavy atom. The SMILES string of the molecule is COc1ccc(-c2nnc3ccc(OCCNC(=O)CSc4ccc(F)cc4)nn23)cc1OC. The number of methoxy groups -OCH3 is 2. The Labute approximate surface area is 199 Å². The summed E-state index contributed by atoms with van der Waals surface area (Å²) < 4.78 is 30.8. The lowest BCUT2D eigenvalue weighted by atomic mass is 10.2. The maximum absolute atomic E-state index is 12.9. The van der Waals surface area contributed by atoms with Gasteiger partial charge in [0.2, 0.25) is 11.8 Å². The molecule has 1 N–H and O–H groups in total. The number of hydrogen-bond acceptors (Lipinski definition) is 8. The number of nitrogens with zero attached hydrogens (tertiary/aromatic N) is 4. The van der Waals surface area contributed by atoms with E-state index in [4.69, 9.17) is 14.2 Å². The Morgan fingerprint density at radius 1 is 1.03 bits per heavy atom. The number of halogens is 1. The van der Waals surface area contributed by atoms with E-state index in [1.165, 1.54) is 23.9 Å². The summed E-state index contributed by atoms with van der Waals surface area (Å²) in [6, 6.07) is 14.9. The van der Waals surface area contributed by atoms with E-state index in [0.29, 0.717) is 35.4 Å². The van der Waals surface area contributed by atoms with Crippen LogP contribution in [0.4, 0.5) is 4.39 Å². The highest BCUT2D eigenvalue weighted by atomic mass is 32.2. The molecule has 2 aromatic heterocycles. The second-order valence-electron chi connectivity index (χ2n) is 6.98. The van der Waals surface area contributed by atoms with Crippen LogP contribution in [0.3, 0.4) is 0 Å². The van der Waals surface area contributed by atoms with E-state index < -0.39 is 0 Å². The third-order valence-corrected chi connectivity index (χ3v) is 5.75. The van der Waals surface area contributed by atoms with Gasteiger partial charge in [0.15, 0.2) is 23.0 Å². The van der Waals surface area contributed by atoms with E-state index in [2.05, 4.69) is 20.6 Å². The van der Waals surface area contributed by atoms with Crippen molar-refractivity contribution in [2.75, 3.05) is 33.1 Å². The largest absolute Gasteiger partial charge is 0.493 e. The van der Waals surface area contributed by atoms with E-state index in [-0.39, 0.29) is 24.1 Å². The molecule has 0 spiro atoms. The minimum atomic E-state index is -0.305. The minimum absolute atomic E-state index is 0.143. The second-order valence-corrected chi connectivity index (χ2v) is 8.02. The molecule has 0 saturated heterocycles. The molecule has 176 valence electrons. The average molecular weight is 484 g/mol. The molecule has 0 aliphatic carbocycles. The van der Waals surface area contributed by atoms with Crippen molar-refractivity contribution in [3.05, 3.63) is 60.4 Å². The van der Waals surface area contributed by atoms with Gasteiger partial charge in [0.25, 0.3) is 0 Å². The zero-order valence-electron chi connectivity index (χ0n) is 18.5. The van der Waals surface area contributed by atoms with Gasteiger partial charge in [-0.25, -0.2) is 4.39 Å². The zero-order chi connectivity index (χ0) is 23.9. The number of aromatic nitrogens is 4. The van der Waals surface area contributed by atoms with E-state index in [9.17, 15) is 9.18 Å². The smallest absolute Gasteiger partial charge is 0.231 e. The van der Waals surface area contributed by atoms with Crippen LogP contribution in [0.1, 0.15) is 0 Å². The molecule has 0 atom stereocenters. The molecule has 34 heavy (non-hydrogen) atoms. The van der Waals surface area contributed by atoms with Crippen LogP contribution in [-0.2, 0) is 4.79 Å². The van der Waals surface area contributed by atoms with E-state index in [0.717, 1.165) is 10.5 Å². The number of hydrogen-bond donors (Lipinski definition) is 1. The third kappa shape index (κ3) is 5.54. The molecule has 2 heterocycles. The molecule has 0 radical (unpaired) electrons. The van der Waals surface area contributed by atoms with Gasteiger partial charge >= 0.3 is 0 Å². The Morgan fingerprint density at radius 2 is 1.82 bits per heavy atom. The van der Waals surface area contributed by atoms with Gasteiger partial charge in [0.1, 0.15) is 12.4 Å². The number of amides is 1. The number of ether oxygens (including phenoxy) is 3. The van der Waals surface area contributed by atoms with Crippen molar-refractivity contribution in [2.24, 2.45) is 0 Å². The molecule has 0 fully saturated rings. The predicted molar refractivity (Wildman–Crippen MR) is 125 cm³/mol. The molecule has 0 aliphatic heterocycles. The second kappa shape index (κ2) is 10.8. The van der Waals surface area contributed by atoms with Crippen LogP contribution in [0.15, 0.2) is 59.5 Å². The molecule has 9 nitrogen and oxygen atoms in total. The molecular formula is C23H22FN5O4S. The summed E-state index contributed by atoms with van der Waals surface area (Å²) >= 11 is 1.33. The first kappa shape index (κ1) is 23.3. The summed E-state index contributed by atoms with van der Waals surface area (Å²) in [5.74, 6) is 1.84. The van der Waals surface area contributed by atoms with Crippen LogP contribution in [-0.4, -0.2) is 58.8 Å². The van der Waals surface area contributed by atoms with Crippen molar-refractivity contribution in [3.8, 4) is 28.8 Å². The number of carbonyl (C=O) groups is 1. The van der Waals surface area contributed by atoms with Gasteiger partial charge in [-0.15, -0.1) is 27.1 Å². The molecule has 4 rings (SSSR count). The maximum atomic E-state index is 12.9. The van der Waals surface area contributed by atoms with Gasteiger partial charge in [0, 0.05) is 16.5 Å². The number of thioether (sulfide) groups is 1. The fraction of sp³-hybridized carbons (Fsp3) is 0.217. The van der Waals surface area contributed by atoms with Gasteiger partial charge in [-0.05, 0) is 48.5 Å². The van der Waals surface area contributed by atoms with Gasteiger partial charge in [-0.1, -0.05) is 0 Å². The van der Waals surface area contributed by atoms with E-state index in [1.54, 1.807) is 55.1 Å². The van der Waals surface area contributed by atoms with Gasteiger partial charge < -0.3 is 19.5 Å². The Bertz CT molecular complexity index is 1280. The highest BCUT2D eigenvalue weighted by Gasteiger charge is 2.13. The molecule has 4 aromatic rings. The highest BCUT2D eigenvalue weighted by Crippen LogP contribution is 2.31. The minimum Gasteiger partial charge on any atom is -0.493 e. The zero-order valence-corrected chi connectivity index (χ0v) is 19.3. The number of fused-ring (bicyclic) bond motifs is 1. The highest BCUT2D eigenvalue weighted by molar-refractivity contribution is 8.00. The first-order valence-electron chi connectivity index (χ1n) is 10.3. The summed E-state index contributed by atoms with van der Waals surface area (Å²) in [6.07, 6.45) is 0. The maximum Gasteiger partial charge on any atom is 0.231 e. The molecule has 1 amide bonds. The summed E-state index contributed by atoms with van der Waals surface area (Å²) in [5, 5.41) is 15.6. The van der Waals surface area contributed by atoms with Gasteiger partial charge in [0.05, 0.1) is 26.5 Å². The molecule has 0 unspecified atom stereocenters. The van der Waals surface area contributed by atoms with Crippen LogP contribution in [0, 0.1) is 5.82 Å². The van der Waals surface area contributed by atoms with Crippen molar-refractivity contribution in [1.29, 1.82) is 0 Å². The third-order valence-electron chi connectivity index (χ3n) is 4.74. The lowest BCUT2D eigenvalue weighted by Gasteiger charge is -2.09. The molecule has 0 bridgehead atoms. The fourth-order valence-corrected chi connectivity index (χ4v) is 3.81. The van der Waals surface area contributed by atoms with Crippen LogP contribution in [0.2, 0.25) is 0 Å². The normalized spacial score (nSPS) is 10.8. The number of rotatable bonds is 10. The van der Waals surface area contributed by atoms with Gasteiger partial charge in [-0.3, -0.25) is 4.79 Å². The van der Waals surface area contributed by atoms with Crippen LogP contribution >= 0.6 is 11.8 Å². The first-order valence-corrected chi connectivity index (χ1v) is 11.3. The molecular weight excluding hydrogens is 461 g/mol. The summed E-state index contributed by atoms with van der Waals surface area (Å²) in [5.41, 5.74) is 1.31. The van der Waals surface area contributed by atoms with Crippen LogP contribution in [0.25, 0.3) is 17.0 Å². The summed E-state index contributed by atoms with van der Waals surface area (Å²) in [7, 11) is 3.13.